The molecule has 10 heavy (non-hydrogen) atoms. The number of nitrogens with two attached hydrogens (primary N) is 1. The predicted molar refractivity (Wildman–Crippen MR) is 33.5 cm³/mol. The zero-order chi connectivity index (χ0) is 8.20. The third-order valence-corrected chi connectivity index (χ3v) is 1.10. The molecule has 0 saturated heterocycles. The summed E-state index contributed by atoms with van der Waals surface area (Å²) < 4.78 is 34.8. The summed E-state index contributed by atoms with van der Waals surface area (Å²) in [5.41, 5.74) is 4.76. The van der Waals surface area contributed by atoms with Gasteiger partial charge in [-0.05, 0) is 12.8 Å². The van der Waals surface area contributed by atoms with Crippen molar-refractivity contribution in [2.75, 3.05) is 0 Å². The first-order valence-corrected chi connectivity index (χ1v) is 2.91. The Morgan fingerprint density at radius 2 is 2.00 bits per heavy atom. The Labute approximate surface area is 57.7 Å². The smallest absolute Gasteiger partial charge is 0.320 e. The van der Waals surface area contributed by atoms with Crippen LogP contribution < -0.4 is 5.73 Å². The quantitative estimate of drug-likeness (QED) is 0.615. The fourth-order valence-electron chi connectivity index (χ4n) is 0.461. The Bertz CT molecular complexity index is 108. The molecule has 60 valence electrons. The van der Waals surface area contributed by atoms with Gasteiger partial charge in [-0.3, -0.25) is 0 Å². The lowest BCUT2D eigenvalue weighted by Gasteiger charge is -2.13. The monoisotopic (exact) mass is 153 g/mol. The van der Waals surface area contributed by atoms with Crippen LogP contribution in [0.15, 0.2) is 12.7 Å². The van der Waals surface area contributed by atoms with E-state index in [1.807, 2.05) is 0 Å². The molecule has 0 aliphatic carbocycles. The van der Waals surface area contributed by atoms with Crippen molar-refractivity contribution >= 4 is 0 Å². The minimum atomic E-state index is -4.26. The number of allylic oxidation sites excluding steroid dienone is 1. The maximum Gasteiger partial charge on any atom is 0.403 e. The van der Waals surface area contributed by atoms with Crippen molar-refractivity contribution in [2.24, 2.45) is 5.73 Å². The number of rotatable bonds is 3. The van der Waals surface area contributed by atoms with E-state index >= 15 is 0 Å². The number of halogens is 3. The summed E-state index contributed by atoms with van der Waals surface area (Å²) in [5.74, 6) is 0. The van der Waals surface area contributed by atoms with Crippen molar-refractivity contribution in [1.29, 1.82) is 0 Å². The number of hydrogen-bond acceptors (Lipinski definition) is 1. The molecule has 0 fully saturated rings. The lowest BCUT2D eigenvalue weighted by atomic mass is 10.1. The molecule has 1 nitrogen and oxygen atoms in total. The van der Waals surface area contributed by atoms with Crippen molar-refractivity contribution in [3.63, 3.8) is 0 Å². The van der Waals surface area contributed by atoms with Gasteiger partial charge in [0.15, 0.2) is 0 Å². The van der Waals surface area contributed by atoms with Gasteiger partial charge in [-0.25, -0.2) is 0 Å². The lowest BCUT2D eigenvalue weighted by Crippen LogP contribution is -2.36. The van der Waals surface area contributed by atoms with E-state index in [1.54, 1.807) is 0 Å². The molecule has 0 unspecified atom stereocenters. The van der Waals surface area contributed by atoms with Crippen LogP contribution in [0.4, 0.5) is 13.2 Å². The van der Waals surface area contributed by atoms with Gasteiger partial charge < -0.3 is 5.73 Å². The normalized spacial score (nSPS) is 14.8. The fraction of sp³-hybridized carbons (Fsp3) is 0.667. The molecule has 0 aliphatic heterocycles. The van der Waals surface area contributed by atoms with Crippen LogP contribution in [0.2, 0.25) is 0 Å². The summed E-state index contributed by atoms with van der Waals surface area (Å²) in [5, 5.41) is 0. The molecule has 4 heteroatoms. The van der Waals surface area contributed by atoms with Gasteiger partial charge in [0.1, 0.15) is 6.04 Å². The Hall–Kier alpha value is -0.510. The second-order valence-electron chi connectivity index (χ2n) is 2.01. The summed E-state index contributed by atoms with van der Waals surface area (Å²) in [4.78, 5) is 0. The Kier molecular flexibility index (Phi) is 3.42. The van der Waals surface area contributed by atoms with E-state index in [1.165, 1.54) is 6.08 Å². The minimum Gasteiger partial charge on any atom is -0.320 e. The Morgan fingerprint density at radius 1 is 1.50 bits per heavy atom. The first-order chi connectivity index (χ1) is 4.48. The summed E-state index contributed by atoms with van der Waals surface area (Å²) >= 11 is 0. The molecule has 0 aromatic heterocycles. The van der Waals surface area contributed by atoms with E-state index in [9.17, 15) is 13.2 Å². The largest absolute Gasteiger partial charge is 0.403 e. The van der Waals surface area contributed by atoms with Crippen molar-refractivity contribution in [3.05, 3.63) is 12.7 Å². The average Bonchev–Trinajstić information content (AvgIpc) is 1.80. The maximum absolute atomic E-state index is 11.6. The highest BCUT2D eigenvalue weighted by Gasteiger charge is 2.35. The van der Waals surface area contributed by atoms with Gasteiger partial charge in [0, 0.05) is 0 Å². The summed E-state index contributed by atoms with van der Waals surface area (Å²) in [6.07, 6.45) is -2.61. The van der Waals surface area contributed by atoms with E-state index in [0.29, 0.717) is 6.42 Å². The van der Waals surface area contributed by atoms with Gasteiger partial charge in [0.05, 0.1) is 0 Å². The average molecular weight is 153 g/mol. The third kappa shape index (κ3) is 3.50. The maximum atomic E-state index is 11.6. The van der Waals surface area contributed by atoms with Crippen molar-refractivity contribution < 1.29 is 13.2 Å². The number of hydrogen-bond donors (Lipinski definition) is 1. The zero-order valence-electron chi connectivity index (χ0n) is 5.49. The van der Waals surface area contributed by atoms with Crippen LogP contribution in [-0.2, 0) is 0 Å². The topological polar surface area (TPSA) is 26.0 Å². The third-order valence-electron chi connectivity index (χ3n) is 1.10. The molecule has 0 aliphatic rings. The first kappa shape index (κ1) is 9.49. The zero-order valence-corrected chi connectivity index (χ0v) is 5.49. The van der Waals surface area contributed by atoms with Gasteiger partial charge in [0.25, 0.3) is 0 Å². The van der Waals surface area contributed by atoms with E-state index in [0.717, 1.165) is 0 Å². The van der Waals surface area contributed by atoms with E-state index in [4.69, 9.17) is 5.73 Å². The van der Waals surface area contributed by atoms with Gasteiger partial charge in [-0.1, -0.05) is 6.08 Å². The fourth-order valence-corrected chi connectivity index (χ4v) is 0.461. The van der Waals surface area contributed by atoms with Crippen LogP contribution >= 0.6 is 0 Å². The van der Waals surface area contributed by atoms with Crippen molar-refractivity contribution in [1.82, 2.24) is 0 Å². The SMILES string of the molecule is C=CCC[C@H](N)C(F)(F)F. The van der Waals surface area contributed by atoms with Crippen LogP contribution in [0.25, 0.3) is 0 Å². The van der Waals surface area contributed by atoms with Crippen molar-refractivity contribution in [2.45, 2.75) is 25.1 Å². The van der Waals surface area contributed by atoms with Crippen molar-refractivity contribution in [3.8, 4) is 0 Å². The van der Waals surface area contributed by atoms with Gasteiger partial charge in [-0.15, -0.1) is 6.58 Å². The number of alkyl halides is 3. The highest BCUT2D eigenvalue weighted by molar-refractivity contribution is 4.75. The van der Waals surface area contributed by atoms with Crippen LogP contribution in [0.1, 0.15) is 12.8 Å². The van der Waals surface area contributed by atoms with Gasteiger partial charge >= 0.3 is 6.18 Å². The van der Waals surface area contributed by atoms with Gasteiger partial charge in [0.2, 0.25) is 0 Å². The lowest BCUT2D eigenvalue weighted by molar-refractivity contribution is -0.148. The van der Waals surface area contributed by atoms with Crippen LogP contribution in [0, 0.1) is 0 Å². The van der Waals surface area contributed by atoms with Crippen LogP contribution in [0.3, 0.4) is 0 Å². The molecule has 0 heterocycles. The molecule has 0 amide bonds. The molecule has 0 aromatic rings. The van der Waals surface area contributed by atoms with E-state index < -0.39 is 12.2 Å². The Balaban J connectivity index is 3.61. The minimum absolute atomic E-state index is 0.0764. The molecule has 1 atom stereocenters. The predicted octanol–water partition coefficient (Wildman–Crippen LogP) is 1.84. The molecule has 0 spiro atoms. The molecular formula is C6H10F3N. The second kappa shape index (κ2) is 3.61. The molecule has 2 N–H and O–H groups in total. The Morgan fingerprint density at radius 3 is 2.30 bits per heavy atom. The summed E-state index contributed by atoms with van der Waals surface area (Å²) in [6, 6.07) is -1.70. The van der Waals surface area contributed by atoms with E-state index in [-0.39, 0.29) is 6.42 Å². The summed E-state index contributed by atoms with van der Waals surface area (Å²) in [7, 11) is 0. The molecular weight excluding hydrogens is 143 g/mol. The summed E-state index contributed by atoms with van der Waals surface area (Å²) in [6.45, 7) is 3.29. The molecule has 0 bridgehead atoms. The standard InChI is InChI=1S/C6H10F3N/c1-2-3-4-5(10)6(7,8)9/h2,5H,1,3-4,10H2/t5-/m0/s1. The molecule has 0 aromatic carbocycles. The molecule has 0 radical (unpaired) electrons. The second-order valence-corrected chi connectivity index (χ2v) is 2.01. The van der Waals surface area contributed by atoms with Crippen LogP contribution in [-0.4, -0.2) is 12.2 Å². The van der Waals surface area contributed by atoms with Gasteiger partial charge in [-0.2, -0.15) is 13.2 Å². The van der Waals surface area contributed by atoms with Crippen LogP contribution in [0.5, 0.6) is 0 Å². The molecule has 0 saturated carbocycles. The first-order valence-electron chi connectivity index (χ1n) is 2.91. The highest BCUT2D eigenvalue weighted by atomic mass is 19.4. The van der Waals surface area contributed by atoms with E-state index in [2.05, 4.69) is 6.58 Å². The highest BCUT2D eigenvalue weighted by Crippen LogP contribution is 2.21. The molecule has 0 rings (SSSR count).